The largest absolute Gasteiger partial charge is 0.192 e. The molecule has 0 saturated carbocycles. The van der Waals surface area contributed by atoms with Crippen LogP contribution in [-0.2, 0) is 10.7 Å². The molecule has 0 saturated heterocycles. The predicted molar refractivity (Wildman–Crippen MR) is 56.4 cm³/mol. The third-order valence-corrected chi connectivity index (χ3v) is 2.83. The van der Waals surface area contributed by atoms with E-state index in [-0.39, 0.29) is 0 Å². The highest BCUT2D eigenvalue weighted by molar-refractivity contribution is 9.09. The Kier molecular flexibility index (Phi) is 3.77. The summed E-state index contributed by atoms with van der Waals surface area (Å²) in [4.78, 5) is 0. The van der Waals surface area contributed by atoms with Gasteiger partial charge in [0.2, 0.25) is 0 Å². The Hall–Kier alpha value is -0.330. The number of alkyl halides is 2. The van der Waals surface area contributed by atoms with Crippen LogP contribution in [0.15, 0.2) is 18.2 Å². The smallest absolute Gasteiger partial charge is 0.0991 e. The molecule has 0 fully saturated rings. The van der Waals surface area contributed by atoms with Crippen molar-refractivity contribution in [3.05, 3.63) is 34.9 Å². The van der Waals surface area contributed by atoms with Gasteiger partial charge in [-0.2, -0.15) is 5.26 Å². The zero-order valence-electron chi connectivity index (χ0n) is 6.35. The van der Waals surface area contributed by atoms with Crippen molar-refractivity contribution in [2.45, 2.75) is 10.7 Å². The molecule has 0 aliphatic rings. The second kappa shape index (κ2) is 4.64. The molecule has 12 heavy (non-hydrogen) atoms. The number of hydrogen-bond donors (Lipinski definition) is 0. The molecular weight excluding hydrogens is 282 g/mol. The van der Waals surface area contributed by atoms with E-state index >= 15 is 0 Å². The minimum Gasteiger partial charge on any atom is -0.192 e. The van der Waals surface area contributed by atoms with Crippen LogP contribution in [0.1, 0.15) is 16.7 Å². The van der Waals surface area contributed by atoms with Crippen molar-refractivity contribution in [3.63, 3.8) is 0 Å². The zero-order chi connectivity index (χ0) is 8.97. The molecule has 0 unspecified atom stereocenters. The van der Waals surface area contributed by atoms with Gasteiger partial charge in [0.1, 0.15) is 0 Å². The number of benzene rings is 1. The van der Waals surface area contributed by atoms with Gasteiger partial charge in [-0.25, -0.2) is 0 Å². The number of rotatable bonds is 2. The molecule has 1 aromatic carbocycles. The van der Waals surface area contributed by atoms with Gasteiger partial charge in [-0.05, 0) is 23.3 Å². The van der Waals surface area contributed by atoms with Crippen molar-refractivity contribution in [1.29, 1.82) is 5.26 Å². The van der Waals surface area contributed by atoms with Gasteiger partial charge in [-0.3, -0.25) is 0 Å². The summed E-state index contributed by atoms with van der Waals surface area (Å²) in [5, 5.41) is 10.3. The first kappa shape index (κ1) is 9.76. The van der Waals surface area contributed by atoms with Crippen molar-refractivity contribution in [2.75, 3.05) is 0 Å². The summed E-state index contributed by atoms with van der Waals surface area (Å²) in [6.45, 7) is 0. The maximum atomic E-state index is 8.64. The molecule has 3 heteroatoms. The molecular formula is C9H7Br2N. The van der Waals surface area contributed by atoms with Gasteiger partial charge in [-0.15, -0.1) is 0 Å². The van der Waals surface area contributed by atoms with Crippen molar-refractivity contribution >= 4 is 31.9 Å². The molecule has 0 atom stereocenters. The van der Waals surface area contributed by atoms with E-state index in [1.165, 1.54) is 11.1 Å². The first-order valence-electron chi connectivity index (χ1n) is 3.45. The number of nitriles is 1. The topological polar surface area (TPSA) is 23.8 Å². The second-order valence-electron chi connectivity index (χ2n) is 2.36. The average Bonchev–Trinajstić information content (AvgIpc) is 2.16. The van der Waals surface area contributed by atoms with E-state index in [0.29, 0.717) is 5.56 Å². The summed E-state index contributed by atoms with van der Waals surface area (Å²) in [5.74, 6) is 0. The fraction of sp³-hybridized carbons (Fsp3) is 0.222. The SMILES string of the molecule is N#Cc1ccc(CBr)c(CBr)c1. The molecule has 0 bridgehead atoms. The Morgan fingerprint density at radius 2 is 1.83 bits per heavy atom. The molecule has 0 aliphatic heterocycles. The standard InChI is InChI=1S/C9H7Br2N/c10-4-8-2-1-7(6-12)3-9(8)5-11/h1-3H,4-5H2. The number of hydrogen-bond acceptors (Lipinski definition) is 1. The summed E-state index contributed by atoms with van der Waals surface area (Å²) >= 11 is 6.77. The van der Waals surface area contributed by atoms with Gasteiger partial charge in [0.25, 0.3) is 0 Å². The summed E-state index contributed by atoms with van der Waals surface area (Å²) in [6, 6.07) is 7.84. The zero-order valence-corrected chi connectivity index (χ0v) is 9.52. The van der Waals surface area contributed by atoms with Crippen LogP contribution < -0.4 is 0 Å². The minimum atomic E-state index is 0.717. The normalized spacial score (nSPS) is 9.42. The maximum Gasteiger partial charge on any atom is 0.0991 e. The van der Waals surface area contributed by atoms with E-state index < -0.39 is 0 Å². The van der Waals surface area contributed by atoms with Gasteiger partial charge in [0.15, 0.2) is 0 Å². The van der Waals surface area contributed by atoms with Crippen LogP contribution in [0.2, 0.25) is 0 Å². The van der Waals surface area contributed by atoms with E-state index in [0.717, 1.165) is 10.7 Å². The highest BCUT2D eigenvalue weighted by Gasteiger charge is 2.00. The highest BCUT2D eigenvalue weighted by Crippen LogP contribution is 2.17. The Morgan fingerprint density at radius 1 is 1.17 bits per heavy atom. The van der Waals surface area contributed by atoms with E-state index in [1.807, 2.05) is 18.2 Å². The predicted octanol–water partition coefficient (Wildman–Crippen LogP) is 3.35. The molecule has 0 aliphatic carbocycles. The molecule has 0 amide bonds. The van der Waals surface area contributed by atoms with Crippen LogP contribution >= 0.6 is 31.9 Å². The third-order valence-electron chi connectivity index (χ3n) is 1.62. The van der Waals surface area contributed by atoms with Crippen LogP contribution in [0.25, 0.3) is 0 Å². The van der Waals surface area contributed by atoms with Gasteiger partial charge in [0, 0.05) is 10.7 Å². The van der Waals surface area contributed by atoms with Gasteiger partial charge in [-0.1, -0.05) is 37.9 Å². The fourth-order valence-corrected chi connectivity index (χ4v) is 2.02. The van der Waals surface area contributed by atoms with E-state index in [2.05, 4.69) is 37.9 Å². The lowest BCUT2D eigenvalue weighted by atomic mass is 10.1. The highest BCUT2D eigenvalue weighted by atomic mass is 79.9. The van der Waals surface area contributed by atoms with Gasteiger partial charge >= 0.3 is 0 Å². The molecule has 1 rings (SSSR count). The monoisotopic (exact) mass is 287 g/mol. The Balaban J connectivity index is 3.13. The quantitative estimate of drug-likeness (QED) is 0.766. The Labute approximate surface area is 88.7 Å². The van der Waals surface area contributed by atoms with Crippen molar-refractivity contribution in [2.24, 2.45) is 0 Å². The number of nitrogens with zero attached hydrogens (tertiary/aromatic N) is 1. The molecule has 1 nitrogen and oxygen atoms in total. The second-order valence-corrected chi connectivity index (χ2v) is 3.48. The Bertz CT molecular complexity index is 315. The molecule has 0 heterocycles. The lowest BCUT2D eigenvalue weighted by molar-refractivity contribution is 1.29. The first-order chi connectivity index (χ1) is 5.81. The molecule has 62 valence electrons. The summed E-state index contributed by atoms with van der Waals surface area (Å²) in [6.07, 6.45) is 0. The molecule has 0 spiro atoms. The lowest BCUT2D eigenvalue weighted by Crippen LogP contribution is -1.88. The summed E-state index contributed by atoms with van der Waals surface area (Å²) in [7, 11) is 0. The summed E-state index contributed by atoms with van der Waals surface area (Å²) < 4.78 is 0. The molecule has 1 aromatic rings. The number of halogens is 2. The third kappa shape index (κ3) is 2.09. The Morgan fingerprint density at radius 3 is 2.33 bits per heavy atom. The maximum absolute atomic E-state index is 8.64. The van der Waals surface area contributed by atoms with Crippen molar-refractivity contribution in [3.8, 4) is 6.07 Å². The molecule has 0 N–H and O–H groups in total. The average molecular weight is 289 g/mol. The van der Waals surface area contributed by atoms with Gasteiger partial charge in [0.05, 0.1) is 11.6 Å². The molecule has 0 radical (unpaired) electrons. The van der Waals surface area contributed by atoms with E-state index in [4.69, 9.17) is 5.26 Å². The first-order valence-corrected chi connectivity index (χ1v) is 5.70. The van der Waals surface area contributed by atoms with Crippen molar-refractivity contribution in [1.82, 2.24) is 0 Å². The van der Waals surface area contributed by atoms with E-state index in [9.17, 15) is 0 Å². The van der Waals surface area contributed by atoms with Crippen LogP contribution in [0.4, 0.5) is 0 Å². The fourth-order valence-electron chi connectivity index (χ4n) is 0.950. The minimum absolute atomic E-state index is 0.717. The molecule has 0 aromatic heterocycles. The van der Waals surface area contributed by atoms with Crippen LogP contribution in [0, 0.1) is 11.3 Å². The van der Waals surface area contributed by atoms with Crippen LogP contribution in [0.3, 0.4) is 0 Å². The van der Waals surface area contributed by atoms with Gasteiger partial charge < -0.3 is 0 Å². The summed E-state index contributed by atoms with van der Waals surface area (Å²) in [5.41, 5.74) is 3.12. The lowest BCUT2D eigenvalue weighted by Gasteiger charge is -2.02. The van der Waals surface area contributed by atoms with Crippen LogP contribution in [0.5, 0.6) is 0 Å². The van der Waals surface area contributed by atoms with Crippen molar-refractivity contribution < 1.29 is 0 Å². The van der Waals surface area contributed by atoms with Crippen LogP contribution in [-0.4, -0.2) is 0 Å². The van der Waals surface area contributed by atoms with E-state index in [1.54, 1.807) is 0 Å².